The molecule has 112 valence electrons. The summed E-state index contributed by atoms with van der Waals surface area (Å²) in [6.45, 7) is 4.34. The second-order valence-electron chi connectivity index (χ2n) is 4.43. The van der Waals surface area contributed by atoms with Gasteiger partial charge in [0, 0.05) is 17.5 Å². The molecule has 6 nitrogen and oxygen atoms in total. The van der Waals surface area contributed by atoms with E-state index in [9.17, 15) is 9.59 Å². The summed E-state index contributed by atoms with van der Waals surface area (Å²) in [4.78, 5) is 28.2. The lowest BCUT2D eigenvalue weighted by atomic mass is 9.96. The summed E-state index contributed by atoms with van der Waals surface area (Å²) in [6.07, 6.45) is 1.71. The molecule has 0 radical (unpaired) electrons. The first-order chi connectivity index (χ1) is 10.2. The fraction of sp³-hybridized carbons (Fsp3) is 0.400. The molecule has 1 aliphatic heterocycles. The van der Waals surface area contributed by atoms with Gasteiger partial charge in [0.15, 0.2) is 5.92 Å². The first-order valence-electron chi connectivity index (χ1n) is 6.88. The van der Waals surface area contributed by atoms with E-state index in [2.05, 4.69) is 10.3 Å². The zero-order valence-corrected chi connectivity index (χ0v) is 12.1. The summed E-state index contributed by atoms with van der Waals surface area (Å²) in [5.74, 6) is -2.27. The number of aliphatic imine (C=N–C) groups is 1. The summed E-state index contributed by atoms with van der Waals surface area (Å²) in [6, 6.07) is 5.30. The number of fused-ring (bicyclic) bond motifs is 1. The van der Waals surface area contributed by atoms with Crippen molar-refractivity contribution in [3.8, 4) is 0 Å². The molecule has 1 aromatic rings. The van der Waals surface area contributed by atoms with Crippen molar-refractivity contribution in [2.75, 3.05) is 25.2 Å². The molecule has 0 aliphatic carbocycles. The minimum Gasteiger partial charge on any atom is -0.465 e. The van der Waals surface area contributed by atoms with Crippen molar-refractivity contribution < 1.29 is 19.1 Å². The van der Waals surface area contributed by atoms with Crippen molar-refractivity contribution in [1.82, 2.24) is 0 Å². The number of nitrogens with zero attached hydrogens (tertiary/aromatic N) is 1. The third-order valence-electron chi connectivity index (χ3n) is 3.04. The minimum atomic E-state index is -1.06. The third kappa shape index (κ3) is 3.39. The molecule has 1 N–H and O–H groups in total. The zero-order valence-electron chi connectivity index (χ0n) is 12.1. The van der Waals surface area contributed by atoms with Gasteiger partial charge in [-0.2, -0.15) is 0 Å². The number of rotatable bonds is 5. The fourth-order valence-electron chi connectivity index (χ4n) is 2.12. The van der Waals surface area contributed by atoms with E-state index in [-0.39, 0.29) is 13.2 Å². The molecule has 6 heteroatoms. The van der Waals surface area contributed by atoms with E-state index in [4.69, 9.17) is 9.47 Å². The molecule has 21 heavy (non-hydrogen) atoms. The lowest BCUT2D eigenvalue weighted by molar-refractivity contribution is -0.156. The van der Waals surface area contributed by atoms with Crippen LogP contribution in [0.3, 0.4) is 0 Å². The SMILES string of the molecule is CCOC(=O)C(C(=O)OCC)c1ccc2c(c1)C=NCN2. The van der Waals surface area contributed by atoms with Crippen LogP contribution in [-0.2, 0) is 19.1 Å². The van der Waals surface area contributed by atoms with Crippen LogP contribution in [0.1, 0.15) is 30.9 Å². The maximum atomic E-state index is 12.1. The van der Waals surface area contributed by atoms with Crippen LogP contribution < -0.4 is 5.32 Å². The van der Waals surface area contributed by atoms with Crippen LogP contribution in [0, 0.1) is 0 Å². The Bertz CT molecular complexity index is 551. The Morgan fingerprint density at radius 1 is 1.24 bits per heavy atom. The highest BCUT2D eigenvalue weighted by Gasteiger charge is 2.31. The molecule has 0 aromatic heterocycles. The number of carbonyl (C=O) groups excluding carboxylic acids is 2. The van der Waals surface area contributed by atoms with Crippen LogP contribution in [0.2, 0.25) is 0 Å². The van der Waals surface area contributed by atoms with Crippen LogP contribution in [0.4, 0.5) is 5.69 Å². The number of anilines is 1. The van der Waals surface area contributed by atoms with Crippen LogP contribution >= 0.6 is 0 Å². The van der Waals surface area contributed by atoms with Crippen LogP contribution in [0.5, 0.6) is 0 Å². The molecule has 0 saturated carbocycles. The molecule has 0 spiro atoms. The van der Waals surface area contributed by atoms with Gasteiger partial charge in [-0.05, 0) is 31.5 Å². The lowest BCUT2D eigenvalue weighted by Crippen LogP contribution is -2.26. The number of carbonyl (C=O) groups is 2. The first kappa shape index (κ1) is 15.0. The minimum absolute atomic E-state index is 0.211. The Labute approximate surface area is 123 Å². The molecular formula is C15H18N2O4. The van der Waals surface area contributed by atoms with Crippen LogP contribution in [0.15, 0.2) is 23.2 Å². The Hall–Kier alpha value is -2.37. The Morgan fingerprint density at radius 3 is 2.52 bits per heavy atom. The molecule has 1 aliphatic rings. The summed E-state index contributed by atoms with van der Waals surface area (Å²) < 4.78 is 9.96. The van der Waals surface area contributed by atoms with Crippen molar-refractivity contribution in [1.29, 1.82) is 0 Å². The number of hydrogen-bond acceptors (Lipinski definition) is 6. The number of ether oxygens (including phenoxy) is 2. The molecule has 0 saturated heterocycles. The molecule has 0 atom stereocenters. The van der Waals surface area contributed by atoms with Crippen molar-refractivity contribution >= 4 is 23.8 Å². The van der Waals surface area contributed by atoms with E-state index < -0.39 is 17.9 Å². The van der Waals surface area contributed by atoms with Crippen molar-refractivity contribution in [2.24, 2.45) is 4.99 Å². The summed E-state index contributed by atoms with van der Waals surface area (Å²) in [5.41, 5.74) is 2.29. The van der Waals surface area contributed by atoms with E-state index in [0.717, 1.165) is 11.3 Å². The molecule has 0 fully saturated rings. The highest BCUT2D eigenvalue weighted by Crippen LogP contribution is 2.25. The fourth-order valence-corrected chi connectivity index (χ4v) is 2.12. The van der Waals surface area contributed by atoms with Gasteiger partial charge in [-0.15, -0.1) is 0 Å². The Balaban J connectivity index is 2.34. The van der Waals surface area contributed by atoms with Gasteiger partial charge >= 0.3 is 11.9 Å². The summed E-state index contributed by atoms with van der Waals surface area (Å²) in [5, 5.41) is 3.11. The quantitative estimate of drug-likeness (QED) is 0.659. The standard InChI is InChI=1S/C15H18N2O4/c1-3-20-14(18)13(15(19)21-4-2)10-5-6-12-11(7-10)8-16-9-17-12/h5-8,13,17H,3-4,9H2,1-2H3. The second-order valence-corrected chi connectivity index (χ2v) is 4.43. The monoisotopic (exact) mass is 290 g/mol. The zero-order chi connectivity index (χ0) is 15.2. The molecule has 0 amide bonds. The Kier molecular flexibility index (Phi) is 4.92. The first-order valence-corrected chi connectivity index (χ1v) is 6.88. The van der Waals surface area contributed by atoms with Gasteiger partial charge in [0.25, 0.3) is 0 Å². The molecule has 1 aromatic carbocycles. The number of benzene rings is 1. The van der Waals surface area contributed by atoms with Gasteiger partial charge in [-0.25, -0.2) is 0 Å². The number of esters is 2. The highest BCUT2D eigenvalue weighted by atomic mass is 16.6. The Morgan fingerprint density at radius 2 is 1.90 bits per heavy atom. The third-order valence-corrected chi connectivity index (χ3v) is 3.04. The van der Waals surface area contributed by atoms with Gasteiger partial charge in [0.2, 0.25) is 0 Å². The largest absolute Gasteiger partial charge is 0.465 e. The molecule has 2 rings (SSSR count). The highest BCUT2D eigenvalue weighted by molar-refractivity contribution is 6.01. The van der Waals surface area contributed by atoms with Gasteiger partial charge < -0.3 is 14.8 Å². The maximum absolute atomic E-state index is 12.1. The van der Waals surface area contributed by atoms with E-state index in [1.165, 1.54) is 0 Å². The van der Waals surface area contributed by atoms with Crippen molar-refractivity contribution in [2.45, 2.75) is 19.8 Å². The van der Waals surface area contributed by atoms with E-state index in [1.807, 2.05) is 6.07 Å². The van der Waals surface area contributed by atoms with Crippen molar-refractivity contribution in [3.63, 3.8) is 0 Å². The summed E-state index contributed by atoms with van der Waals surface area (Å²) >= 11 is 0. The molecule has 0 unspecified atom stereocenters. The molecule has 0 bridgehead atoms. The molecular weight excluding hydrogens is 272 g/mol. The smallest absolute Gasteiger partial charge is 0.324 e. The van der Waals surface area contributed by atoms with Gasteiger partial charge in [-0.3, -0.25) is 14.6 Å². The number of hydrogen-bond donors (Lipinski definition) is 1. The van der Waals surface area contributed by atoms with Gasteiger partial charge in [0.1, 0.15) is 6.67 Å². The lowest BCUT2D eigenvalue weighted by Gasteiger charge is -2.18. The predicted molar refractivity (Wildman–Crippen MR) is 78.5 cm³/mol. The summed E-state index contributed by atoms with van der Waals surface area (Å²) in [7, 11) is 0. The average molecular weight is 290 g/mol. The van der Waals surface area contributed by atoms with E-state index in [0.29, 0.717) is 12.2 Å². The maximum Gasteiger partial charge on any atom is 0.324 e. The van der Waals surface area contributed by atoms with Gasteiger partial charge in [-0.1, -0.05) is 6.07 Å². The second kappa shape index (κ2) is 6.88. The van der Waals surface area contributed by atoms with Crippen LogP contribution in [0.25, 0.3) is 0 Å². The topological polar surface area (TPSA) is 77.0 Å². The average Bonchev–Trinajstić information content (AvgIpc) is 2.48. The number of nitrogens with one attached hydrogen (secondary N) is 1. The van der Waals surface area contributed by atoms with E-state index >= 15 is 0 Å². The van der Waals surface area contributed by atoms with Crippen LogP contribution in [-0.4, -0.2) is 38.0 Å². The molecule has 1 heterocycles. The van der Waals surface area contributed by atoms with Crippen molar-refractivity contribution in [3.05, 3.63) is 29.3 Å². The normalized spacial score (nSPS) is 12.5. The van der Waals surface area contributed by atoms with E-state index in [1.54, 1.807) is 32.2 Å². The van der Waals surface area contributed by atoms with Gasteiger partial charge in [0.05, 0.1) is 13.2 Å². The predicted octanol–water partition coefficient (Wildman–Crippen LogP) is 1.70.